The predicted octanol–water partition coefficient (Wildman–Crippen LogP) is 0.930. The number of primary amides is 1. The summed E-state index contributed by atoms with van der Waals surface area (Å²) in [4.78, 5) is 11.0. The average molecular weight is 151 g/mol. The zero-order valence-electron chi connectivity index (χ0n) is 6.66. The Morgan fingerprint density at radius 1 is 1.45 bits per heavy atom. The van der Waals surface area contributed by atoms with Crippen LogP contribution < -0.4 is 5.73 Å². The summed E-state index contributed by atoms with van der Waals surface area (Å²) in [6.07, 6.45) is 5.53. The molecule has 2 nitrogen and oxygen atoms in total. The third-order valence-corrected chi connectivity index (χ3v) is 3.18. The van der Waals surface area contributed by atoms with E-state index < -0.39 is 0 Å². The highest BCUT2D eigenvalue weighted by atomic mass is 16.1. The molecule has 60 valence electrons. The van der Waals surface area contributed by atoms with Gasteiger partial charge in [0.15, 0.2) is 0 Å². The number of nitrogens with two attached hydrogens (primary N) is 1. The van der Waals surface area contributed by atoms with E-state index in [1.807, 2.05) is 0 Å². The molecule has 0 aromatic carbocycles. The minimum Gasteiger partial charge on any atom is -0.369 e. The lowest BCUT2D eigenvalue weighted by Gasteiger charge is -2.20. The molecule has 0 saturated heterocycles. The van der Waals surface area contributed by atoms with Crippen LogP contribution in [0.25, 0.3) is 0 Å². The first kappa shape index (κ1) is 6.89. The Bertz CT molecular complexity index is 222. The van der Waals surface area contributed by atoms with Crippen LogP contribution in [0, 0.1) is 23.7 Å². The number of hydrogen-bond donors (Lipinski definition) is 1. The fourth-order valence-corrected chi connectivity index (χ4v) is 2.54. The second kappa shape index (κ2) is 2.10. The topological polar surface area (TPSA) is 43.1 Å². The molecule has 0 spiro atoms. The van der Waals surface area contributed by atoms with Crippen molar-refractivity contribution < 1.29 is 4.79 Å². The molecule has 2 aliphatic carbocycles. The van der Waals surface area contributed by atoms with Gasteiger partial charge in [0.05, 0.1) is 0 Å². The van der Waals surface area contributed by atoms with Gasteiger partial charge < -0.3 is 5.73 Å². The van der Waals surface area contributed by atoms with Crippen molar-refractivity contribution in [1.82, 2.24) is 0 Å². The van der Waals surface area contributed by atoms with Crippen molar-refractivity contribution in [1.29, 1.82) is 0 Å². The molecule has 2 bridgehead atoms. The number of fused-ring (bicyclic) bond motifs is 2. The molecule has 2 rings (SSSR count). The Hall–Kier alpha value is -0.790. The van der Waals surface area contributed by atoms with Crippen molar-refractivity contribution >= 4 is 5.91 Å². The fourth-order valence-electron chi connectivity index (χ4n) is 2.54. The van der Waals surface area contributed by atoms with Crippen molar-refractivity contribution in [3.8, 4) is 0 Å². The third-order valence-electron chi connectivity index (χ3n) is 3.18. The first-order valence-electron chi connectivity index (χ1n) is 4.18. The molecule has 0 heterocycles. The Kier molecular flexibility index (Phi) is 1.31. The standard InChI is InChI=1S/C9H13NO/c1-5-6-2-3-7(4-6)8(5)9(10)11/h2-3,5-8H,4H2,1H3,(H2,10,11)/t5?,6-,7+,8?/m0/s1. The summed E-state index contributed by atoms with van der Waals surface area (Å²) < 4.78 is 0. The van der Waals surface area contributed by atoms with Crippen molar-refractivity contribution in [2.45, 2.75) is 13.3 Å². The molecule has 1 amide bonds. The number of carbonyl (C=O) groups excluding carboxylic acids is 1. The highest BCUT2D eigenvalue weighted by molar-refractivity contribution is 5.78. The molecule has 0 aliphatic heterocycles. The zero-order valence-corrected chi connectivity index (χ0v) is 6.66. The van der Waals surface area contributed by atoms with E-state index in [0.717, 1.165) is 6.42 Å². The van der Waals surface area contributed by atoms with E-state index in [1.165, 1.54) is 0 Å². The average Bonchev–Trinajstić information content (AvgIpc) is 2.44. The summed E-state index contributed by atoms with van der Waals surface area (Å²) in [5.41, 5.74) is 5.30. The SMILES string of the molecule is CC1C(C(N)=O)[C@@H]2C=C[C@H]1C2. The number of rotatable bonds is 1. The molecular formula is C9H13NO. The second-order valence-electron chi connectivity index (χ2n) is 3.74. The van der Waals surface area contributed by atoms with E-state index in [-0.39, 0.29) is 11.8 Å². The minimum atomic E-state index is -0.116. The van der Waals surface area contributed by atoms with E-state index in [0.29, 0.717) is 17.8 Å². The van der Waals surface area contributed by atoms with Crippen LogP contribution in [0.1, 0.15) is 13.3 Å². The van der Waals surface area contributed by atoms with Crippen LogP contribution in [0.5, 0.6) is 0 Å². The zero-order chi connectivity index (χ0) is 8.01. The summed E-state index contributed by atoms with van der Waals surface area (Å²) in [5.74, 6) is 1.55. The molecule has 1 fully saturated rings. The van der Waals surface area contributed by atoms with Crippen molar-refractivity contribution in [2.24, 2.45) is 29.4 Å². The van der Waals surface area contributed by atoms with Gasteiger partial charge in [-0.2, -0.15) is 0 Å². The fraction of sp³-hybridized carbons (Fsp3) is 0.667. The van der Waals surface area contributed by atoms with E-state index >= 15 is 0 Å². The minimum absolute atomic E-state index is 0.116. The van der Waals surface area contributed by atoms with Crippen LogP contribution in [0.4, 0.5) is 0 Å². The van der Waals surface area contributed by atoms with Gasteiger partial charge in [-0.25, -0.2) is 0 Å². The highest BCUT2D eigenvalue weighted by Gasteiger charge is 2.44. The van der Waals surface area contributed by atoms with E-state index in [2.05, 4.69) is 19.1 Å². The van der Waals surface area contributed by atoms with Gasteiger partial charge in [0.25, 0.3) is 0 Å². The Balaban J connectivity index is 2.25. The Morgan fingerprint density at radius 2 is 2.09 bits per heavy atom. The van der Waals surface area contributed by atoms with Gasteiger partial charge in [-0.1, -0.05) is 19.1 Å². The second-order valence-corrected chi connectivity index (χ2v) is 3.74. The molecule has 2 heteroatoms. The monoisotopic (exact) mass is 151 g/mol. The predicted molar refractivity (Wildman–Crippen MR) is 42.6 cm³/mol. The van der Waals surface area contributed by atoms with Crippen LogP contribution in [0.15, 0.2) is 12.2 Å². The van der Waals surface area contributed by atoms with Crippen LogP contribution in [-0.2, 0) is 4.79 Å². The van der Waals surface area contributed by atoms with Gasteiger partial charge in [0, 0.05) is 5.92 Å². The number of carbonyl (C=O) groups is 1. The van der Waals surface area contributed by atoms with Gasteiger partial charge in [0.1, 0.15) is 0 Å². The summed E-state index contributed by atoms with van der Waals surface area (Å²) in [5, 5.41) is 0. The van der Waals surface area contributed by atoms with Gasteiger partial charge in [0.2, 0.25) is 5.91 Å². The first-order valence-corrected chi connectivity index (χ1v) is 4.18. The van der Waals surface area contributed by atoms with Gasteiger partial charge in [-0.15, -0.1) is 0 Å². The van der Waals surface area contributed by atoms with Crippen LogP contribution in [0.3, 0.4) is 0 Å². The largest absolute Gasteiger partial charge is 0.369 e. The lowest BCUT2D eigenvalue weighted by Crippen LogP contribution is -2.31. The molecule has 2 unspecified atom stereocenters. The summed E-state index contributed by atoms with van der Waals surface area (Å²) in [7, 11) is 0. The number of allylic oxidation sites excluding steroid dienone is 2. The molecule has 0 aromatic rings. The number of hydrogen-bond acceptors (Lipinski definition) is 1. The van der Waals surface area contributed by atoms with Gasteiger partial charge in [-0.3, -0.25) is 4.79 Å². The molecule has 2 N–H and O–H groups in total. The van der Waals surface area contributed by atoms with E-state index in [1.54, 1.807) is 0 Å². The summed E-state index contributed by atoms with van der Waals surface area (Å²) in [6, 6.07) is 0. The maximum atomic E-state index is 11.0. The quantitative estimate of drug-likeness (QED) is 0.556. The first-order chi connectivity index (χ1) is 5.20. The van der Waals surface area contributed by atoms with Crippen LogP contribution in [0.2, 0.25) is 0 Å². The Morgan fingerprint density at radius 3 is 2.45 bits per heavy atom. The molecule has 1 saturated carbocycles. The Labute approximate surface area is 66.5 Å². The maximum absolute atomic E-state index is 11.0. The number of amides is 1. The third kappa shape index (κ3) is 0.817. The van der Waals surface area contributed by atoms with E-state index in [9.17, 15) is 4.79 Å². The molecule has 0 radical (unpaired) electrons. The van der Waals surface area contributed by atoms with Crippen molar-refractivity contribution in [3.63, 3.8) is 0 Å². The van der Waals surface area contributed by atoms with Crippen LogP contribution in [-0.4, -0.2) is 5.91 Å². The van der Waals surface area contributed by atoms with Crippen LogP contribution >= 0.6 is 0 Å². The van der Waals surface area contributed by atoms with Crippen molar-refractivity contribution in [2.75, 3.05) is 0 Å². The molecule has 4 atom stereocenters. The molecular weight excluding hydrogens is 138 g/mol. The normalized spacial score (nSPS) is 46.6. The molecule has 0 aromatic heterocycles. The van der Waals surface area contributed by atoms with E-state index in [4.69, 9.17) is 5.73 Å². The van der Waals surface area contributed by atoms with Gasteiger partial charge >= 0.3 is 0 Å². The highest BCUT2D eigenvalue weighted by Crippen LogP contribution is 2.47. The lowest BCUT2D eigenvalue weighted by molar-refractivity contribution is -0.123. The summed E-state index contributed by atoms with van der Waals surface area (Å²) in [6.45, 7) is 2.13. The van der Waals surface area contributed by atoms with Gasteiger partial charge in [-0.05, 0) is 24.2 Å². The smallest absolute Gasteiger partial charge is 0.221 e. The molecule has 11 heavy (non-hydrogen) atoms. The van der Waals surface area contributed by atoms with Crippen molar-refractivity contribution in [3.05, 3.63) is 12.2 Å². The summed E-state index contributed by atoms with van der Waals surface area (Å²) >= 11 is 0. The maximum Gasteiger partial charge on any atom is 0.221 e. The lowest BCUT2D eigenvalue weighted by atomic mass is 9.84. The molecule has 2 aliphatic rings.